The smallest absolute Gasteiger partial charge is 0.312 e. The van der Waals surface area contributed by atoms with Crippen LogP contribution in [-0.4, -0.2) is 36.5 Å². The summed E-state index contributed by atoms with van der Waals surface area (Å²) in [5, 5.41) is 10.6. The maximum absolute atomic E-state index is 12.7. The Labute approximate surface area is 151 Å². The number of carbonyl (C=O) groups is 1. The van der Waals surface area contributed by atoms with Gasteiger partial charge in [0.25, 0.3) is 0 Å². The molecule has 0 aromatic rings. The molecule has 3 rings (SSSR count). The van der Waals surface area contributed by atoms with Gasteiger partial charge in [-0.1, -0.05) is 39.0 Å². The Kier molecular flexibility index (Phi) is 5.13. The molecule has 0 spiro atoms. The predicted octanol–water partition coefficient (Wildman–Crippen LogP) is 3.64. The van der Waals surface area contributed by atoms with E-state index >= 15 is 0 Å². The zero-order valence-corrected chi connectivity index (χ0v) is 16.0. The number of methoxy groups -OCH3 is 1. The summed E-state index contributed by atoms with van der Waals surface area (Å²) in [7, 11) is 1.71. The Hall–Kier alpha value is -1.13. The van der Waals surface area contributed by atoms with Gasteiger partial charge in [-0.25, -0.2) is 0 Å². The van der Waals surface area contributed by atoms with E-state index in [4.69, 9.17) is 9.47 Å². The minimum Gasteiger partial charge on any atom is -0.461 e. The van der Waals surface area contributed by atoms with Crippen LogP contribution in [-0.2, 0) is 14.3 Å². The maximum atomic E-state index is 12.7. The number of rotatable bonds is 3. The van der Waals surface area contributed by atoms with E-state index in [2.05, 4.69) is 39.0 Å². The second-order valence-electron chi connectivity index (χ2n) is 8.76. The number of ether oxygens (including phenoxy) is 2. The molecular formula is C21H32O4. The van der Waals surface area contributed by atoms with Crippen LogP contribution in [0.3, 0.4) is 0 Å². The van der Waals surface area contributed by atoms with E-state index in [0.717, 1.165) is 19.3 Å². The van der Waals surface area contributed by atoms with Crippen molar-refractivity contribution < 1.29 is 19.4 Å². The summed E-state index contributed by atoms with van der Waals surface area (Å²) >= 11 is 0. The summed E-state index contributed by atoms with van der Waals surface area (Å²) in [4.78, 5) is 12.7. The molecule has 3 aliphatic rings. The minimum absolute atomic E-state index is 0.127. The van der Waals surface area contributed by atoms with Crippen molar-refractivity contribution >= 4 is 5.97 Å². The Balaban J connectivity index is 1.99. The molecule has 25 heavy (non-hydrogen) atoms. The average Bonchev–Trinajstić information content (AvgIpc) is 2.68. The van der Waals surface area contributed by atoms with Gasteiger partial charge in [0.05, 0.1) is 17.6 Å². The molecule has 1 N–H and O–H groups in total. The lowest BCUT2D eigenvalue weighted by molar-refractivity contribution is -0.184. The molecule has 5 atom stereocenters. The van der Waals surface area contributed by atoms with Crippen molar-refractivity contribution in [2.24, 2.45) is 23.2 Å². The molecule has 0 amide bonds. The molecule has 0 aromatic heterocycles. The molecule has 0 radical (unpaired) electrons. The predicted molar refractivity (Wildman–Crippen MR) is 96.9 cm³/mol. The van der Waals surface area contributed by atoms with Crippen LogP contribution in [0.1, 0.15) is 52.9 Å². The number of allylic oxidation sites excluding steroid dienone is 3. The first-order valence-corrected chi connectivity index (χ1v) is 9.58. The van der Waals surface area contributed by atoms with Crippen molar-refractivity contribution in [3.8, 4) is 0 Å². The Morgan fingerprint density at radius 2 is 2.08 bits per heavy atom. The van der Waals surface area contributed by atoms with Crippen molar-refractivity contribution in [3.05, 3.63) is 23.8 Å². The monoisotopic (exact) mass is 348 g/mol. The first kappa shape index (κ1) is 18.7. The molecule has 0 aromatic carbocycles. The van der Waals surface area contributed by atoms with Crippen molar-refractivity contribution in [3.63, 3.8) is 0 Å². The van der Waals surface area contributed by atoms with Crippen molar-refractivity contribution in [1.29, 1.82) is 0 Å². The van der Waals surface area contributed by atoms with Gasteiger partial charge in [-0.2, -0.15) is 0 Å². The van der Waals surface area contributed by atoms with Gasteiger partial charge in [-0.3, -0.25) is 4.79 Å². The topological polar surface area (TPSA) is 55.8 Å². The molecule has 1 heterocycles. The molecule has 1 saturated heterocycles. The van der Waals surface area contributed by atoms with E-state index in [1.54, 1.807) is 7.11 Å². The average molecular weight is 348 g/mol. The zero-order chi connectivity index (χ0) is 18.2. The second-order valence-corrected chi connectivity index (χ2v) is 8.76. The van der Waals surface area contributed by atoms with Crippen LogP contribution in [0.2, 0.25) is 0 Å². The number of aliphatic hydroxyl groups is 1. The Bertz CT molecular complexity index is 578. The highest BCUT2D eigenvalue weighted by molar-refractivity contribution is 5.76. The number of hydrogen-bond acceptors (Lipinski definition) is 4. The number of cyclic esters (lactones) is 1. The SMILES string of the molecule is COC12CC[C@H](O)[C@@](C)(CC[C@@H]3/C(=C\C=C\C(C)C)COC(=O)[C@H]31)C2. The van der Waals surface area contributed by atoms with Gasteiger partial charge in [0.2, 0.25) is 0 Å². The molecule has 4 nitrogen and oxygen atoms in total. The molecule has 1 unspecified atom stereocenters. The van der Waals surface area contributed by atoms with Crippen LogP contribution in [0, 0.1) is 23.2 Å². The number of carbonyl (C=O) groups excluding carboxylic acids is 1. The van der Waals surface area contributed by atoms with Gasteiger partial charge in [0, 0.05) is 7.11 Å². The number of aliphatic hydroxyl groups excluding tert-OH is 1. The fraction of sp³-hybridized carbons (Fsp3) is 0.762. The second kappa shape index (κ2) is 6.88. The number of esters is 1. The summed E-state index contributed by atoms with van der Waals surface area (Å²) in [5.41, 5.74) is 0.474. The van der Waals surface area contributed by atoms with E-state index in [1.807, 2.05) is 0 Å². The largest absolute Gasteiger partial charge is 0.461 e. The molecule has 3 fully saturated rings. The summed E-state index contributed by atoms with van der Waals surface area (Å²) in [6.07, 6.45) is 10.00. The van der Waals surface area contributed by atoms with Crippen molar-refractivity contribution in [2.75, 3.05) is 13.7 Å². The summed E-state index contributed by atoms with van der Waals surface area (Å²) in [6.45, 7) is 6.82. The third kappa shape index (κ3) is 3.31. The van der Waals surface area contributed by atoms with Crippen molar-refractivity contribution in [1.82, 2.24) is 0 Å². The van der Waals surface area contributed by atoms with Crippen LogP contribution < -0.4 is 0 Å². The van der Waals surface area contributed by atoms with Crippen LogP contribution >= 0.6 is 0 Å². The first-order chi connectivity index (χ1) is 11.8. The minimum atomic E-state index is -0.520. The van der Waals surface area contributed by atoms with E-state index < -0.39 is 5.60 Å². The van der Waals surface area contributed by atoms with Crippen LogP contribution in [0.5, 0.6) is 0 Å². The lowest BCUT2D eigenvalue weighted by atomic mass is 9.62. The normalized spacial score (nSPS) is 43.2. The lowest BCUT2D eigenvalue weighted by Gasteiger charge is -2.50. The van der Waals surface area contributed by atoms with E-state index in [-0.39, 0.29) is 29.3 Å². The quantitative estimate of drug-likeness (QED) is 0.791. The van der Waals surface area contributed by atoms with Crippen LogP contribution in [0.4, 0.5) is 0 Å². The van der Waals surface area contributed by atoms with E-state index in [0.29, 0.717) is 25.4 Å². The molecule has 2 aliphatic carbocycles. The third-order valence-corrected chi connectivity index (χ3v) is 6.67. The fourth-order valence-electron chi connectivity index (χ4n) is 5.16. The van der Waals surface area contributed by atoms with Gasteiger partial charge < -0.3 is 14.6 Å². The van der Waals surface area contributed by atoms with Crippen molar-refractivity contribution in [2.45, 2.75) is 64.6 Å². The Morgan fingerprint density at radius 3 is 2.76 bits per heavy atom. The van der Waals surface area contributed by atoms with Gasteiger partial charge in [0.15, 0.2) is 0 Å². The Morgan fingerprint density at radius 1 is 1.32 bits per heavy atom. The highest BCUT2D eigenvalue weighted by Crippen LogP contribution is 2.56. The van der Waals surface area contributed by atoms with E-state index in [1.165, 1.54) is 5.57 Å². The summed E-state index contributed by atoms with van der Waals surface area (Å²) < 4.78 is 11.6. The number of fused-ring (bicyclic) bond motifs is 4. The maximum Gasteiger partial charge on any atom is 0.312 e. The molecule has 2 bridgehead atoms. The lowest BCUT2D eigenvalue weighted by Crippen LogP contribution is -2.55. The third-order valence-electron chi connectivity index (χ3n) is 6.67. The van der Waals surface area contributed by atoms with Gasteiger partial charge in [-0.15, -0.1) is 0 Å². The van der Waals surface area contributed by atoms with Gasteiger partial charge >= 0.3 is 5.97 Å². The molecule has 140 valence electrons. The molecule has 2 saturated carbocycles. The highest BCUT2D eigenvalue weighted by Gasteiger charge is 2.59. The van der Waals surface area contributed by atoms with E-state index in [9.17, 15) is 9.90 Å². The number of hydrogen-bond donors (Lipinski definition) is 1. The van der Waals surface area contributed by atoms with Crippen LogP contribution in [0.15, 0.2) is 23.8 Å². The summed E-state index contributed by atoms with van der Waals surface area (Å²) in [6, 6.07) is 0. The zero-order valence-electron chi connectivity index (χ0n) is 16.0. The molecule has 1 aliphatic heterocycles. The summed E-state index contributed by atoms with van der Waals surface area (Å²) in [5.74, 6) is 0.244. The fourth-order valence-corrected chi connectivity index (χ4v) is 5.16. The van der Waals surface area contributed by atoms with Crippen LogP contribution in [0.25, 0.3) is 0 Å². The molecular weight excluding hydrogens is 316 g/mol. The standard InChI is InChI=1S/C21H32O4/c1-14(2)6-5-7-15-12-25-19(23)18-16(15)8-10-20(3)13-21(18,24-4)11-9-17(20)22/h5-7,14,16-18,22H,8-13H2,1-4H3/b6-5+,15-7-/t16-,17+,18+,20+,21?/m1/s1. The highest BCUT2D eigenvalue weighted by atomic mass is 16.5. The van der Waals surface area contributed by atoms with Gasteiger partial charge in [0.1, 0.15) is 6.61 Å². The molecule has 4 heteroatoms. The first-order valence-electron chi connectivity index (χ1n) is 9.58. The van der Waals surface area contributed by atoms with Gasteiger partial charge in [-0.05, 0) is 54.9 Å².